The Morgan fingerprint density at radius 1 is 1.08 bits per heavy atom. The Bertz CT molecular complexity index is 793. The second-order valence-electron chi connectivity index (χ2n) is 7.44. The van der Waals surface area contributed by atoms with E-state index in [0.29, 0.717) is 24.1 Å². The summed E-state index contributed by atoms with van der Waals surface area (Å²) in [6.07, 6.45) is 4.26. The molecule has 1 aliphatic heterocycles. The molecule has 1 aromatic rings. The summed E-state index contributed by atoms with van der Waals surface area (Å²) in [4.78, 5) is 36.7. The van der Waals surface area contributed by atoms with Gasteiger partial charge in [0.05, 0.1) is 5.92 Å². The maximum atomic E-state index is 12.7. The van der Waals surface area contributed by atoms with Crippen molar-refractivity contribution in [2.24, 2.45) is 5.92 Å². The highest BCUT2D eigenvalue weighted by Gasteiger charge is 2.48. The van der Waals surface area contributed by atoms with E-state index in [1.807, 2.05) is 24.3 Å². The molecule has 1 saturated carbocycles. The molecule has 3 atom stereocenters. The van der Waals surface area contributed by atoms with Crippen LogP contribution in [-0.2, 0) is 19.1 Å². The van der Waals surface area contributed by atoms with Crippen LogP contribution in [0.15, 0.2) is 35.6 Å². The van der Waals surface area contributed by atoms with Gasteiger partial charge in [-0.2, -0.15) is 0 Å². The van der Waals surface area contributed by atoms with Gasteiger partial charge in [-0.05, 0) is 37.0 Å². The number of fused-ring (bicyclic) bond motifs is 1. The van der Waals surface area contributed by atoms with Crippen molar-refractivity contribution in [3.05, 3.63) is 41.2 Å². The molecule has 5 nitrogen and oxygen atoms in total. The smallest absolute Gasteiger partial charge is 0.221 e. The second kappa shape index (κ2) is 6.71. The predicted octanol–water partition coefficient (Wildman–Crippen LogP) is 3.50. The first-order chi connectivity index (χ1) is 12.5. The Kier molecular flexibility index (Phi) is 4.39. The van der Waals surface area contributed by atoms with E-state index in [9.17, 15) is 14.4 Å². The monoisotopic (exact) mass is 353 g/mol. The average Bonchev–Trinajstić information content (AvgIpc) is 2.61. The number of hydrogen-bond donors (Lipinski definition) is 1. The molecule has 4 rings (SSSR count). The molecule has 5 heteroatoms. The topological polar surface area (TPSA) is 72.5 Å². The lowest BCUT2D eigenvalue weighted by Gasteiger charge is -2.43. The van der Waals surface area contributed by atoms with Crippen LogP contribution in [0.25, 0.3) is 0 Å². The van der Waals surface area contributed by atoms with Crippen LogP contribution in [0.1, 0.15) is 56.9 Å². The van der Waals surface area contributed by atoms with E-state index in [1.54, 1.807) is 0 Å². The van der Waals surface area contributed by atoms with Gasteiger partial charge in [0.25, 0.3) is 0 Å². The third-order valence-electron chi connectivity index (χ3n) is 5.65. The molecular weight excluding hydrogens is 330 g/mol. The van der Waals surface area contributed by atoms with Crippen molar-refractivity contribution >= 4 is 23.2 Å². The SMILES string of the molecule is CC(=O)Nc1ccc([C@H]2C3=C(CCCC3=O)O[C@@H]3CCCC(=O)[C@H]23)cc1. The first kappa shape index (κ1) is 17.0. The number of anilines is 1. The highest BCUT2D eigenvalue weighted by molar-refractivity contribution is 6.00. The molecule has 1 amide bonds. The van der Waals surface area contributed by atoms with Crippen LogP contribution in [0.3, 0.4) is 0 Å². The average molecular weight is 353 g/mol. The Balaban J connectivity index is 1.77. The van der Waals surface area contributed by atoms with Gasteiger partial charge < -0.3 is 10.1 Å². The zero-order valence-corrected chi connectivity index (χ0v) is 14.9. The first-order valence-corrected chi connectivity index (χ1v) is 9.38. The van der Waals surface area contributed by atoms with Gasteiger partial charge in [0.1, 0.15) is 17.6 Å². The standard InChI is InChI=1S/C21H23NO4/c1-12(23)22-14-10-8-13(9-11-14)19-20-15(24)4-2-6-17(20)26-18-7-3-5-16(25)21(18)19/h8-11,17,19-20H,2-7H2,1H3,(H,22,23)/t17-,19-,20+/m1/s1. The van der Waals surface area contributed by atoms with Gasteiger partial charge >= 0.3 is 0 Å². The van der Waals surface area contributed by atoms with Gasteiger partial charge in [-0.25, -0.2) is 0 Å². The number of benzene rings is 1. The summed E-state index contributed by atoms with van der Waals surface area (Å²) in [5.41, 5.74) is 2.37. The highest BCUT2D eigenvalue weighted by atomic mass is 16.5. The summed E-state index contributed by atoms with van der Waals surface area (Å²) >= 11 is 0. The lowest BCUT2D eigenvalue weighted by molar-refractivity contribution is -0.133. The maximum Gasteiger partial charge on any atom is 0.221 e. The summed E-state index contributed by atoms with van der Waals surface area (Å²) < 4.78 is 6.14. The molecule has 1 fully saturated rings. The molecule has 0 aromatic heterocycles. The van der Waals surface area contributed by atoms with Crippen LogP contribution >= 0.6 is 0 Å². The van der Waals surface area contributed by atoms with E-state index < -0.39 is 0 Å². The zero-order valence-electron chi connectivity index (χ0n) is 14.9. The Morgan fingerprint density at radius 3 is 2.58 bits per heavy atom. The van der Waals surface area contributed by atoms with Gasteiger partial charge in [0.15, 0.2) is 5.78 Å². The summed E-state index contributed by atoms with van der Waals surface area (Å²) in [5.74, 6) is 0.472. The van der Waals surface area contributed by atoms with Gasteiger partial charge in [0, 0.05) is 43.4 Å². The number of carbonyl (C=O) groups excluding carboxylic acids is 3. The largest absolute Gasteiger partial charge is 0.494 e. The molecule has 0 unspecified atom stereocenters. The third kappa shape index (κ3) is 2.96. The Morgan fingerprint density at radius 2 is 1.85 bits per heavy atom. The summed E-state index contributed by atoms with van der Waals surface area (Å²) in [6, 6.07) is 7.52. The highest BCUT2D eigenvalue weighted by Crippen LogP contribution is 2.48. The number of amides is 1. The molecule has 1 N–H and O–H groups in total. The number of Topliss-reactive ketones (excluding diaryl/α,β-unsaturated/α-hetero) is 2. The van der Waals surface area contributed by atoms with Gasteiger partial charge in [-0.1, -0.05) is 12.1 Å². The third-order valence-corrected chi connectivity index (χ3v) is 5.65. The fourth-order valence-electron chi connectivity index (χ4n) is 4.58. The van der Waals surface area contributed by atoms with Crippen molar-refractivity contribution in [3.63, 3.8) is 0 Å². The lowest BCUT2D eigenvalue weighted by atomic mass is 9.67. The number of allylic oxidation sites excluding steroid dienone is 2. The van der Waals surface area contributed by atoms with Crippen molar-refractivity contribution in [2.75, 3.05) is 5.32 Å². The van der Waals surface area contributed by atoms with Crippen molar-refractivity contribution in [2.45, 2.75) is 57.5 Å². The zero-order chi connectivity index (χ0) is 18.3. The van der Waals surface area contributed by atoms with Crippen LogP contribution < -0.4 is 5.32 Å². The minimum Gasteiger partial charge on any atom is -0.494 e. The number of carbonyl (C=O) groups is 3. The molecule has 0 radical (unpaired) electrons. The molecule has 0 spiro atoms. The second-order valence-corrected chi connectivity index (χ2v) is 7.44. The fourth-order valence-corrected chi connectivity index (χ4v) is 4.58. The lowest BCUT2D eigenvalue weighted by Crippen LogP contribution is -2.44. The van der Waals surface area contributed by atoms with Crippen molar-refractivity contribution in [1.29, 1.82) is 0 Å². The summed E-state index contributed by atoms with van der Waals surface area (Å²) in [5, 5.41) is 2.76. The van der Waals surface area contributed by atoms with E-state index in [-0.39, 0.29) is 35.4 Å². The van der Waals surface area contributed by atoms with E-state index in [1.165, 1.54) is 6.92 Å². The number of ether oxygens (including phenoxy) is 1. The molecular formula is C21H23NO4. The first-order valence-electron chi connectivity index (χ1n) is 9.38. The number of hydrogen-bond acceptors (Lipinski definition) is 4. The molecule has 3 aliphatic rings. The molecule has 1 aromatic carbocycles. The molecule has 136 valence electrons. The molecule has 1 heterocycles. The molecule has 2 aliphatic carbocycles. The molecule has 0 saturated heterocycles. The predicted molar refractivity (Wildman–Crippen MR) is 96.6 cm³/mol. The molecule has 26 heavy (non-hydrogen) atoms. The van der Waals surface area contributed by atoms with Crippen molar-refractivity contribution in [3.8, 4) is 0 Å². The normalized spacial score (nSPS) is 28.1. The van der Waals surface area contributed by atoms with E-state index in [0.717, 1.165) is 37.0 Å². The van der Waals surface area contributed by atoms with Crippen LogP contribution in [-0.4, -0.2) is 23.6 Å². The van der Waals surface area contributed by atoms with Gasteiger partial charge in [-0.3, -0.25) is 14.4 Å². The number of rotatable bonds is 2. The minimum atomic E-state index is -0.281. The van der Waals surface area contributed by atoms with E-state index >= 15 is 0 Å². The van der Waals surface area contributed by atoms with Crippen LogP contribution in [0, 0.1) is 5.92 Å². The summed E-state index contributed by atoms with van der Waals surface area (Å²) in [6.45, 7) is 1.47. The quantitative estimate of drug-likeness (QED) is 0.883. The summed E-state index contributed by atoms with van der Waals surface area (Å²) in [7, 11) is 0. The van der Waals surface area contributed by atoms with E-state index in [2.05, 4.69) is 5.32 Å². The van der Waals surface area contributed by atoms with Crippen LogP contribution in [0.5, 0.6) is 0 Å². The number of ketones is 2. The molecule has 0 bridgehead atoms. The van der Waals surface area contributed by atoms with E-state index in [4.69, 9.17) is 4.74 Å². The fraction of sp³-hybridized carbons (Fsp3) is 0.476. The van der Waals surface area contributed by atoms with Crippen molar-refractivity contribution < 1.29 is 19.1 Å². The van der Waals surface area contributed by atoms with Crippen LogP contribution in [0.4, 0.5) is 5.69 Å². The van der Waals surface area contributed by atoms with Crippen LogP contribution in [0.2, 0.25) is 0 Å². The maximum absolute atomic E-state index is 12.7. The number of nitrogens with one attached hydrogen (secondary N) is 1. The Hall–Kier alpha value is -2.43. The Labute approximate surface area is 152 Å². The van der Waals surface area contributed by atoms with Gasteiger partial charge in [-0.15, -0.1) is 0 Å². The van der Waals surface area contributed by atoms with Gasteiger partial charge in [0.2, 0.25) is 5.91 Å². The minimum absolute atomic E-state index is 0.110. The van der Waals surface area contributed by atoms with Crippen molar-refractivity contribution in [1.82, 2.24) is 0 Å².